The molecule has 0 bridgehead atoms. The largest absolute Gasteiger partial charge is 0.494 e. The molecule has 0 aliphatic rings. The second kappa shape index (κ2) is 4.35. The van der Waals surface area contributed by atoms with Crippen LogP contribution in [0, 0.1) is 12.7 Å². The molecule has 2 heterocycles. The maximum absolute atomic E-state index is 13.7. The lowest BCUT2D eigenvalue weighted by molar-refractivity contribution is 0.386. The minimum Gasteiger partial charge on any atom is -0.494 e. The number of fused-ring (bicyclic) bond motifs is 1. The van der Waals surface area contributed by atoms with Crippen LogP contribution >= 0.6 is 0 Å². The quantitative estimate of drug-likeness (QED) is 0.708. The van der Waals surface area contributed by atoms with Crippen molar-refractivity contribution in [1.82, 2.24) is 14.6 Å². The van der Waals surface area contributed by atoms with Crippen LogP contribution in [0.4, 0.5) is 4.39 Å². The Morgan fingerprint density at radius 3 is 2.79 bits per heavy atom. The van der Waals surface area contributed by atoms with E-state index >= 15 is 0 Å². The molecule has 0 radical (unpaired) electrons. The topological polar surface area (TPSA) is 39.4 Å². The summed E-state index contributed by atoms with van der Waals surface area (Å²) in [6, 6.07) is 8.47. The summed E-state index contributed by atoms with van der Waals surface area (Å²) in [5.74, 6) is -0.174. The number of rotatable bonds is 2. The van der Waals surface area contributed by atoms with Gasteiger partial charge < -0.3 is 4.74 Å². The van der Waals surface area contributed by atoms with Crippen molar-refractivity contribution in [2.24, 2.45) is 0 Å². The Kier molecular flexibility index (Phi) is 2.67. The normalized spacial score (nSPS) is 10.9. The molecule has 0 unspecified atom stereocenters. The number of hydrogen-bond donors (Lipinski definition) is 0. The fraction of sp³-hybridized carbons (Fsp3) is 0.143. The van der Waals surface area contributed by atoms with Crippen LogP contribution in [0.25, 0.3) is 16.9 Å². The fourth-order valence-corrected chi connectivity index (χ4v) is 1.98. The summed E-state index contributed by atoms with van der Waals surface area (Å²) in [7, 11) is 1.44. The molecule has 4 nitrogen and oxygen atoms in total. The minimum absolute atomic E-state index is 0.225. The molecule has 3 aromatic rings. The number of nitrogens with zero attached hydrogens (tertiary/aromatic N) is 3. The summed E-state index contributed by atoms with van der Waals surface area (Å²) in [6.45, 7) is 1.90. The predicted molar refractivity (Wildman–Crippen MR) is 69.7 cm³/mol. The van der Waals surface area contributed by atoms with Crippen molar-refractivity contribution in [3.05, 3.63) is 48.0 Å². The highest BCUT2D eigenvalue weighted by molar-refractivity contribution is 5.61. The van der Waals surface area contributed by atoms with Gasteiger partial charge in [-0.3, -0.25) is 0 Å². The van der Waals surface area contributed by atoms with E-state index in [1.54, 1.807) is 16.6 Å². The van der Waals surface area contributed by atoms with Gasteiger partial charge in [-0.2, -0.15) is 5.10 Å². The van der Waals surface area contributed by atoms with Gasteiger partial charge >= 0.3 is 0 Å². The summed E-state index contributed by atoms with van der Waals surface area (Å²) in [5, 5.41) is 4.41. The molecule has 0 amide bonds. The fourth-order valence-electron chi connectivity index (χ4n) is 1.98. The molecule has 5 heteroatoms. The second-order valence-electron chi connectivity index (χ2n) is 4.25. The maximum atomic E-state index is 13.7. The summed E-state index contributed by atoms with van der Waals surface area (Å²) >= 11 is 0. The summed E-state index contributed by atoms with van der Waals surface area (Å²) in [6.07, 6.45) is 1.83. The van der Waals surface area contributed by atoms with E-state index in [4.69, 9.17) is 4.74 Å². The van der Waals surface area contributed by atoms with Crippen molar-refractivity contribution in [3.8, 4) is 17.0 Å². The third-order valence-corrected chi connectivity index (χ3v) is 2.89. The Bertz CT molecular complexity index is 752. The van der Waals surface area contributed by atoms with Gasteiger partial charge in [0, 0.05) is 5.56 Å². The van der Waals surface area contributed by atoms with Crippen LogP contribution in [0.1, 0.15) is 5.69 Å². The molecule has 1 aromatic carbocycles. The van der Waals surface area contributed by atoms with Gasteiger partial charge in [-0.25, -0.2) is 13.9 Å². The van der Waals surface area contributed by atoms with Crippen molar-refractivity contribution in [1.29, 1.82) is 0 Å². The average molecular weight is 257 g/mol. The summed E-state index contributed by atoms with van der Waals surface area (Å²) in [4.78, 5) is 4.30. The van der Waals surface area contributed by atoms with E-state index in [2.05, 4.69) is 10.1 Å². The molecule has 0 aliphatic heterocycles. The van der Waals surface area contributed by atoms with Crippen molar-refractivity contribution in [2.45, 2.75) is 6.92 Å². The van der Waals surface area contributed by atoms with E-state index in [1.807, 2.05) is 25.3 Å². The highest BCUT2D eigenvalue weighted by atomic mass is 19.1. The number of imidazole rings is 1. The van der Waals surface area contributed by atoms with Gasteiger partial charge in [0.15, 0.2) is 17.2 Å². The summed E-state index contributed by atoms with van der Waals surface area (Å²) < 4.78 is 20.3. The van der Waals surface area contributed by atoms with Gasteiger partial charge in [-0.15, -0.1) is 0 Å². The van der Waals surface area contributed by atoms with Crippen LogP contribution in [0.15, 0.2) is 36.5 Å². The van der Waals surface area contributed by atoms with E-state index in [1.165, 1.54) is 13.2 Å². The van der Waals surface area contributed by atoms with E-state index in [9.17, 15) is 4.39 Å². The first-order valence-corrected chi connectivity index (χ1v) is 5.84. The van der Waals surface area contributed by atoms with Gasteiger partial charge in [0.25, 0.3) is 0 Å². The molecule has 0 N–H and O–H groups in total. The SMILES string of the molecule is COc1ccc(-c2ccc3nc(C)cn3n2)cc1F. The molecular weight excluding hydrogens is 245 g/mol. The molecule has 0 spiro atoms. The first-order chi connectivity index (χ1) is 9.17. The number of aryl methyl sites for hydroxylation is 1. The molecule has 2 aromatic heterocycles. The zero-order chi connectivity index (χ0) is 13.4. The number of halogens is 1. The zero-order valence-electron chi connectivity index (χ0n) is 10.6. The number of ether oxygens (including phenoxy) is 1. The number of benzene rings is 1. The number of hydrogen-bond acceptors (Lipinski definition) is 3. The molecule has 0 atom stereocenters. The highest BCUT2D eigenvalue weighted by Crippen LogP contribution is 2.24. The monoisotopic (exact) mass is 257 g/mol. The Balaban J connectivity index is 2.10. The van der Waals surface area contributed by atoms with E-state index in [0.29, 0.717) is 11.3 Å². The Morgan fingerprint density at radius 2 is 2.05 bits per heavy atom. The Morgan fingerprint density at radius 1 is 1.21 bits per heavy atom. The van der Waals surface area contributed by atoms with E-state index < -0.39 is 5.82 Å². The first-order valence-electron chi connectivity index (χ1n) is 5.84. The van der Waals surface area contributed by atoms with Crippen LogP contribution in [0.2, 0.25) is 0 Å². The van der Waals surface area contributed by atoms with Crippen molar-refractivity contribution in [3.63, 3.8) is 0 Å². The van der Waals surface area contributed by atoms with Crippen LogP contribution < -0.4 is 4.74 Å². The van der Waals surface area contributed by atoms with Crippen molar-refractivity contribution in [2.75, 3.05) is 7.11 Å². The Hall–Kier alpha value is -2.43. The molecule has 0 saturated heterocycles. The number of aromatic nitrogens is 3. The third-order valence-electron chi connectivity index (χ3n) is 2.89. The van der Waals surface area contributed by atoms with Crippen LogP contribution in [0.5, 0.6) is 5.75 Å². The molecule has 0 aliphatic carbocycles. The highest BCUT2D eigenvalue weighted by Gasteiger charge is 2.07. The van der Waals surface area contributed by atoms with Gasteiger partial charge in [0.2, 0.25) is 0 Å². The second-order valence-corrected chi connectivity index (χ2v) is 4.25. The van der Waals surface area contributed by atoms with Gasteiger partial charge in [-0.1, -0.05) is 0 Å². The average Bonchev–Trinajstić information content (AvgIpc) is 2.77. The Labute approximate surface area is 109 Å². The molecule has 19 heavy (non-hydrogen) atoms. The number of methoxy groups -OCH3 is 1. The van der Waals surface area contributed by atoms with Crippen LogP contribution in [-0.2, 0) is 0 Å². The molecule has 96 valence electrons. The molecule has 0 fully saturated rings. The van der Waals surface area contributed by atoms with E-state index in [-0.39, 0.29) is 5.75 Å². The van der Waals surface area contributed by atoms with Gasteiger partial charge in [0.1, 0.15) is 0 Å². The van der Waals surface area contributed by atoms with Gasteiger partial charge in [0.05, 0.1) is 24.7 Å². The first kappa shape index (κ1) is 11.6. The lowest BCUT2D eigenvalue weighted by atomic mass is 10.1. The third kappa shape index (κ3) is 2.03. The van der Waals surface area contributed by atoms with Gasteiger partial charge in [-0.05, 0) is 37.3 Å². The zero-order valence-corrected chi connectivity index (χ0v) is 10.6. The standard InChI is InChI=1S/C14H12FN3O/c1-9-8-18-14(16-9)6-4-12(17-18)10-3-5-13(19-2)11(15)7-10/h3-8H,1-2H3. The minimum atomic E-state index is -0.399. The lowest BCUT2D eigenvalue weighted by Gasteiger charge is -2.05. The molecule has 0 saturated carbocycles. The maximum Gasteiger partial charge on any atom is 0.165 e. The smallest absolute Gasteiger partial charge is 0.165 e. The van der Waals surface area contributed by atoms with E-state index in [0.717, 1.165) is 11.3 Å². The van der Waals surface area contributed by atoms with Crippen molar-refractivity contribution >= 4 is 5.65 Å². The summed E-state index contributed by atoms with van der Waals surface area (Å²) in [5.41, 5.74) is 3.05. The van der Waals surface area contributed by atoms with Crippen molar-refractivity contribution < 1.29 is 9.13 Å². The molecular formula is C14H12FN3O. The van der Waals surface area contributed by atoms with Crippen LogP contribution in [-0.4, -0.2) is 21.7 Å². The predicted octanol–water partition coefficient (Wildman–Crippen LogP) is 2.85. The van der Waals surface area contributed by atoms with Crippen LogP contribution in [0.3, 0.4) is 0 Å². The lowest BCUT2D eigenvalue weighted by Crippen LogP contribution is -1.94. The molecule has 3 rings (SSSR count).